The van der Waals surface area contributed by atoms with Gasteiger partial charge in [-0.2, -0.15) is 0 Å². The first-order chi connectivity index (χ1) is 7.43. The first-order valence-corrected chi connectivity index (χ1v) is 5.11. The molecule has 1 amide bonds. The molecule has 0 saturated heterocycles. The van der Waals surface area contributed by atoms with Crippen LogP contribution >= 0.6 is 0 Å². The molecule has 4 nitrogen and oxygen atoms in total. The van der Waals surface area contributed by atoms with Crippen LogP contribution in [0.4, 0.5) is 5.69 Å². The lowest BCUT2D eigenvalue weighted by Crippen LogP contribution is -2.28. The van der Waals surface area contributed by atoms with Gasteiger partial charge in [-0.1, -0.05) is 12.1 Å². The molecule has 1 aromatic rings. The molecule has 1 aromatic carbocycles. The Kier molecular flexibility index (Phi) is 4.04. The summed E-state index contributed by atoms with van der Waals surface area (Å²) in [7, 11) is 1.49. The molecule has 0 atom stereocenters. The summed E-state index contributed by atoms with van der Waals surface area (Å²) in [4.78, 5) is 11.2. The largest absolute Gasteiger partial charge is 0.375 e. The van der Waals surface area contributed by atoms with Crippen molar-refractivity contribution in [1.82, 2.24) is 0 Å². The molecule has 0 aliphatic rings. The monoisotopic (exact) mass is 222 g/mol. The van der Waals surface area contributed by atoms with Crippen LogP contribution in [0.3, 0.4) is 0 Å². The number of ether oxygens (including phenoxy) is 1. The Labute approximate surface area is 95.8 Å². The number of rotatable bonds is 4. The molecular formula is C12H18N2O2. The SMILES string of the molecule is COCC(=O)Nc1ccc(C(C)(C)N)cc1. The summed E-state index contributed by atoms with van der Waals surface area (Å²) in [5.74, 6) is -0.165. The van der Waals surface area contributed by atoms with Gasteiger partial charge < -0.3 is 15.8 Å². The Morgan fingerprint density at radius 1 is 1.38 bits per heavy atom. The number of nitrogens with one attached hydrogen (secondary N) is 1. The maximum Gasteiger partial charge on any atom is 0.250 e. The van der Waals surface area contributed by atoms with E-state index in [4.69, 9.17) is 10.5 Å². The molecule has 0 unspecified atom stereocenters. The van der Waals surface area contributed by atoms with E-state index in [1.54, 1.807) is 0 Å². The van der Waals surface area contributed by atoms with Crippen LogP contribution < -0.4 is 11.1 Å². The van der Waals surface area contributed by atoms with Gasteiger partial charge in [-0.3, -0.25) is 4.79 Å². The Morgan fingerprint density at radius 2 is 1.94 bits per heavy atom. The topological polar surface area (TPSA) is 64.3 Å². The van der Waals surface area contributed by atoms with E-state index in [0.29, 0.717) is 0 Å². The van der Waals surface area contributed by atoms with E-state index in [9.17, 15) is 4.79 Å². The van der Waals surface area contributed by atoms with Gasteiger partial charge >= 0.3 is 0 Å². The molecular weight excluding hydrogens is 204 g/mol. The highest BCUT2D eigenvalue weighted by Crippen LogP contribution is 2.18. The summed E-state index contributed by atoms with van der Waals surface area (Å²) < 4.78 is 4.72. The van der Waals surface area contributed by atoms with Gasteiger partial charge in [0.1, 0.15) is 6.61 Å². The van der Waals surface area contributed by atoms with Crippen LogP contribution in [0.25, 0.3) is 0 Å². The summed E-state index contributed by atoms with van der Waals surface area (Å²) in [5, 5.41) is 2.72. The highest BCUT2D eigenvalue weighted by Gasteiger charge is 2.13. The molecule has 0 radical (unpaired) electrons. The zero-order chi connectivity index (χ0) is 12.2. The van der Waals surface area contributed by atoms with Crippen LogP contribution in [0.5, 0.6) is 0 Å². The average Bonchev–Trinajstić information content (AvgIpc) is 2.17. The highest BCUT2D eigenvalue weighted by molar-refractivity contribution is 5.91. The van der Waals surface area contributed by atoms with Crippen molar-refractivity contribution >= 4 is 11.6 Å². The van der Waals surface area contributed by atoms with Gasteiger partial charge in [0.15, 0.2) is 0 Å². The van der Waals surface area contributed by atoms with Gasteiger partial charge in [0.2, 0.25) is 5.91 Å². The normalized spacial score (nSPS) is 11.2. The third kappa shape index (κ3) is 3.64. The molecule has 0 aromatic heterocycles. The van der Waals surface area contributed by atoms with Crippen LogP contribution in [0.15, 0.2) is 24.3 Å². The van der Waals surface area contributed by atoms with E-state index in [0.717, 1.165) is 11.3 Å². The van der Waals surface area contributed by atoms with Crippen molar-refractivity contribution in [2.24, 2.45) is 5.73 Å². The Balaban J connectivity index is 2.69. The number of anilines is 1. The predicted molar refractivity (Wildman–Crippen MR) is 64.2 cm³/mol. The Morgan fingerprint density at radius 3 is 2.38 bits per heavy atom. The van der Waals surface area contributed by atoms with Gasteiger partial charge in [0, 0.05) is 18.3 Å². The molecule has 0 spiro atoms. The number of nitrogens with two attached hydrogens (primary N) is 1. The molecule has 4 heteroatoms. The smallest absolute Gasteiger partial charge is 0.250 e. The van der Waals surface area contributed by atoms with E-state index < -0.39 is 0 Å². The Bertz CT molecular complexity index is 352. The first-order valence-electron chi connectivity index (χ1n) is 5.11. The van der Waals surface area contributed by atoms with E-state index in [2.05, 4.69) is 5.32 Å². The Hall–Kier alpha value is -1.39. The molecule has 0 bridgehead atoms. The van der Waals surface area contributed by atoms with Crippen LogP contribution in [-0.4, -0.2) is 19.6 Å². The van der Waals surface area contributed by atoms with Crippen LogP contribution in [-0.2, 0) is 15.1 Å². The summed E-state index contributed by atoms with van der Waals surface area (Å²) in [6, 6.07) is 7.47. The lowest BCUT2D eigenvalue weighted by molar-refractivity contribution is -0.119. The molecule has 0 aliphatic carbocycles. The lowest BCUT2D eigenvalue weighted by Gasteiger charge is -2.19. The van der Waals surface area contributed by atoms with Gasteiger partial charge in [0.25, 0.3) is 0 Å². The van der Waals surface area contributed by atoms with Crippen LogP contribution in [0, 0.1) is 0 Å². The first kappa shape index (κ1) is 12.7. The molecule has 16 heavy (non-hydrogen) atoms. The molecule has 0 fully saturated rings. The van der Waals surface area contributed by atoms with Gasteiger partial charge in [0.05, 0.1) is 0 Å². The average molecular weight is 222 g/mol. The molecule has 1 rings (SSSR count). The fourth-order valence-corrected chi connectivity index (χ4v) is 1.31. The van der Waals surface area contributed by atoms with Crippen molar-refractivity contribution in [1.29, 1.82) is 0 Å². The number of benzene rings is 1. The molecule has 3 N–H and O–H groups in total. The van der Waals surface area contributed by atoms with E-state index in [1.807, 2.05) is 38.1 Å². The molecule has 0 aliphatic heterocycles. The number of carbonyl (C=O) groups excluding carboxylic acids is 1. The van der Waals surface area contributed by atoms with E-state index in [-0.39, 0.29) is 18.1 Å². The highest BCUT2D eigenvalue weighted by atomic mass is 16.5. The van der Waals surface area contributed by atoms with Crippen LogP contribution in [0.2, 0.25) is 0 Å². The standard InChI is InChI=1S/C12H18N2O2/c1-12(2,13)9-4-6-10(7-5-9)14-11(15)8-16-3/h4-7H,8,13H2,1-3H3,(H,14,15). The van der Waals surface area contributed by atoms with Crippen molar-refractivity contribution in [2.45, 2.75) is 19.4 Å². The number of hydrogen-bond donors (Lipinski definition) is 2. The quantitative estimate of drug-likeness (QED) is 0.810. The maximum atomic E-state index is 11.2. The number of amides is 1. The summed E-state index contributed by atoms with van der Waals surface area (Å²) in [5.41, 5.74) is 7.35. The fraction of sp³-hybridized carbons (Fsp3) is 0.417. The zero-order valence-electron chi connectivity index (χ0n) is 9.91. The minimum absolute atomic E-state index is 0.0597. The van der Waals surface area contributed by atoms with Gasteiger partial charge in [-0.05, 0) is 31.5 Å². The third-order valence-corrected chi connectivity index (χ3v) is 2.19. The minimum atomic E-state index is -0.366. The minimum Gasteiger partial charge on any atom is -0.375 e. The summed E-state index contributed by atoms with van der Waals surface area (Å²) in [6.45, 7) is 3.93. The number of methoxy groups -OCH3 is 1. The van der Waals surface area contributed by atoms with Gasteiger partial charge in [-0.25, -0.2) is 0 Å². The lowest BCUT2D eigenvalue weighted by atomic mass is 9.96. The number of carbonyl (C=O) groups is 1. The van der Waals surface area contributed by atoms with Crippen molar-refractivity contribution in [3.05, 3.63) is 29.8 Å². The van der Waals surface area contributed by atoms with Crippen molar-refractivity contribution in [3.63, 3.8) is 0 Å². The van der Waals surface area contributed by atoms with Crippen LogP contribution in [0.1, 0.15) is 19.4 Å². The molecule has 88 valence electrons. The molecule has 0 saturated carbocycles. The van der Waals surface area contributed by atoms with Crippen molar-refractivity contribution in [2.75, 3.05) is 19.0 Å². The summed E-state index contributed by atoms with van der Waals surface area (Å²) in [6.07, 6.45) is 0. The van der Waals surface area contributed by atoms with E-state index >= 15 is 0 Å². The second-order valence-electron chi connectivity index (χ2n) is 4.28. The van der Waals surface area contributed by atoms with E-state index in [1.165, 1.54) is 7.11 Å². The zero-order valence-corrected chi connectivity index (χ0v) is 9.91. The number of hydrogen-bond acceptors (Lipinski definition) is 3. The predicted octanol–water partition coefficient (Wildman–Crippen LogP) is 1.47. The maximum absolute atomic E-state index is 11.2. The van der Waals surface area contributed by atoms with Crippen molar-refractivity contribution in [3.8, 4) is 0 Å². The molecule has 0 heterocycles. The second kappa shape index (κ2) is 5.09. The summed E-state index contributed by atoms with van der Waals surface area (Å²) >= 11 is 0. The third-order valence-electron chi connectivity index (χ3n) is 2.19. The van der Waals surface area contributed by atoms with Crippen molar-refractivity contribution < 1.29 is 9.53 Å². The van der Waals surface area contributed by atoms with Gasteiger partial charge in [-0.15, -0.1) is 0 Å². The fourth-order valence-electron chi connectivity index (χ4n) is 1.31. The second-order valence-corrected chi connectivity index (χ2v) is 4.28.